The number of nitrogens with one attached hydrogen (secondary N) is 2. The highest BCUT2D eigenvalue weighted by Crippen LogP contribution is 2.41. The molecule has 1 amide bonds. The number of carbonyl (C=O) groups excluding carboxylic acids is 1. The van der Waals surface area contributed by atoms with Crippen LogP contribution >= 0.6 is 0 Å². The van der Waals surface area contributed by atoms with Crippen molar-refractivity contribution in [2.75, 3.05) is 5.73 Å². The monoisotopic (exact) mass is 465 g/mol. The minimum atomic E-state index is -3.82. The smallest absolute Gasteiger partial charge is 0.301 e. The molecule has 1 heterocycles. The molecule has 1 unspecified atom stereocenters. The van der Waals surface area contributed by atoms with Crippen molar-refractivity contribution in [3.05, 3.63) is 83.4 Å². The topological polar surface area (TPSA) is 120 Å². The summed E-state index contributed by atoms with van der Waals surface area (Å²) in [5.74, 6) is 1.68. The third-order valence-electron chi connectivity index (χ3n) is 5.78. The minimum Gasteiger partial charge on any atom is -0.486 e. The van der Waals surface area contributed by atoms with Gasteiger partial charge in [-0.3, -0.25) is 4.79 Å². The highest BCUT2D eigenvalue weighted by molar-refractivity contribution is 7.88. The average molecular weight is 466 g/mol. The van der Waals surface area contributed by atoms with E-state index in [1.54, 1.807) is 36.4 Å². The summed E-state index contributed by atoms with van der Waals surface area (Å²) in [6, 6.07) is 19.8. The number of nitrogens with two attached hydrogens (primary N) is 1. The van der Waals surface area contributed by atoms with E-state index in [0.717, 1.165) is 35.5 Å². The van der Waals surface area contributed by atoms with Crippen molar-refractivity contribution in [3.63, 3.8) is 0 Å². The first-order valence-electron chi connectivity index (χ1n) is 10.6. The number of hydrogen-bond donors (Lipinski definition) is 3. The van der Waals surface area contributed by atoms with Crippen LogP contribution in [0.2, 0.25) is 0 Å². The van der Waals surface area contributed by atoms with Gasteiger partial charge in [0.25, 0.3) is 0 Å². The zero-order chi connectivity index (χ0) is 23.0. The van der Waals surface area contributed by atoms with Crippen LogP contribution in [0.1, 0.15) is 41.7 Å². The summed E-state index contributed by atoms with van der Waals surface area (Å²) in [6.45, 7) is 0. The van der Waals surface area contributed by atoms with E-state index in [-0.39, 0.29) is 12.5 Å². The van der Waals surface area contributed by atoms with Crippen molar-refractivity contribution in [2.45, 2.75) is 31.4 Å². The van der Waals surface area contributed by atoms with Crippen molar-refractivity contribution in [2.24, 2.45) is 0 Å². The Morgan fingerprint density at radius 3 is 2.39 bits per heavy atom. The number of amides is 1. The lowest BCUT2D eigenvalue weighted by atomic mass is 10.0. The highest BCUT2D eigenvalue weighted by atomic mass is 32.2. The fraction of sp³-hybridized carbons (Fsp3) is 0.208. The van der Waals surface area contributed by atoms with Crippen LogP contribution in [-0.4, -0.2) is 14.3 Å². The first-order valence-corrected chi connectivity index (χ1v) is 12.1. The van der Waals surface area contributed by atoms with E-state index in [2.05, 4.69) is 4.72 Å². The Morgan fingerprint density at radius 1 is 0.939 bits per heavy atom. The van der Waals surface area contributed by atoms with Gasteiger partial charge < -0.3 is 15.2 Å². The summed E-state index contributed by atoms with van der Waals surface area (Å²) in [7, 11) is -3.82. The molecule has 0 spiro atoms. The van der Waals surface area contributed by atoms with Gasteiger partial charge in [-0.25, -0.2) is 4.72 Å². The summed E-state index contributed by atoms with van der Waals surface area (Å²) in [5.41, 5.74) is 9.35. The Bertz CT molecular complexity index is 1290. The molecule has 3 aromatic carbocycles. The molecule has 0 aromatic heterocycles. The van der Waals surface area contributed by atoms with Gasteiger partial charge in [0.2, 0.25) is 5.91 Å². The fourth-order valence-electron chi connectivity index (χ4n) is 4.23. The van der Waals surface area contributed by atoms with Crippen LogP contribution < -0.4 is 24.7 Å². The molecule has 8 nitrogen and oxygen atoms in total. The normalized spacial score (nSPS) is 21.2. The molecule has 3 aromatic rings. The zero-order valence-corrected chi connectivity index (χ0v) is 18.5. The Hall–Kier alpha value is -3.56. The van der Waals surface area contributed by atoms with E-state index in [1.807, 2.05) is 35.1 Å². The summed E-state index contributed by atoms with van der Waals surface area (Å²) < 4.78 is 40.2. The first-order chi connectivity index (χ1) is 15.9. The maximum atomic E-state index is 11.7. The van der Waals surface area contributed by atoms with E-state index in [9.17, 15) is 13.2 Å². The van der Waals surface area contributed by atoms with E-state index in [4.69, 9.17) is 15.2 Å². The Morgan fingerprint density at radius 2 is 1.67 bits per heavy atom. The first kappa shape index (κ1) is 21.3. The summed E-state index contributed by atoms with van der Waals surface area (Å²) >= 11 is 0. The van der Waals surface area contributed by atoms with Crippen molar-refractivity contribution in [1.82, 2.24) is 9.44 Å². The standard InChI is InChI=1S/C24H23N3O5S/c25-16-6-10-18(11-7-16)31-22-3-1-2-19-20(22)12-13-23(19)32-17-8-4-15(5-9-17)21-14-24(28)27-33(29,30)26-21/h1-11,21,23,26H,12-14,25H2,(H,27,28)/t21?,23-/m1/s1. The van der Waals surface area contributed by atoms with Gasteiger partial charge in [0.15, 0.2) is 0 Å². The van der Waals surface area contributed by atoms with Crippen molar-refractivity contribution < 1.29 is 22.7 Å². The lowest BCUT2D eigenvalue weighted by Crippen LogP contribution is -2.48. The Balaban J connectivity index is 1.30. The Labute approximate surface area is 191 Å². The summed E-state index contributed by atoms with van der Waals surface area (Å²) in [6.07, 6.45) is 1.59. The van der Waals surface area contributed by atoms with Gasteiger partial charge in [0, 0.05) is 17.7 Å². The van der Waals surface area contributed by atoms with Gasteiger partial charge in [-0.1, -0.05) is 24.3 Å². The molecule has 1 aliphatic carbocycles. The van der Waals surface area contributed by atoms with Gasteiger partial charge in [0.05, 0.1) is 6.04 Å². The lowest BCUT2D eigenvalue weighted by molar-refractivity contribution is -0.120. The quantitative estimate of drug-likeness (QED) is 0.496. The largest absolute Gasteiger partial charge is 0.486 e. The van der Waals surface area contributed by atoms with Crippen molar-refractivity contribution >= 4 is 21.8 Å². The second-order valence-corrected chi connectivity index (χ2v) is 9.56. The molecule has 1 saturated heterocycles. The predicted molar refractivity (Wildman–Crippen MR) is 123 cm³/mol. The molecule has 2 atom stereocenters. The van der Waals surface area contributed by atoms with E-state index in [1.165, 1.54) is 0 Å². The SMILES string of the molecule is Nc1ccc(Oc2cccc3c2CC[C@H]3Oc2ccc(C3CC(=O)NS(=O)(=O)N3)cc2)cc1. The van der Waals surface area contributed by atoms with Crippen LogP contribution in [0.25, 0.3) is 0 Å². The van der Waals surface area contributed by atoms with Crippen LogP contribution in [0.5, 0.6) is 17.2 Å². The number of carbonyl (C=O) groups is 1. The molecule has 5 rings (SSSR count). The molecule has 170 valence electrons. The molecule has 2 aliphatic rings. The maximum absolute atomic E-state index is 11.7. The van der Waals surface area contributed by atoms with Gasteiger partial charge >= 0.3 is 10.2 Å². The van der Waals surface area contributed by atoms with Crippen LogP contribution in [0, 0.1) is 0 Å². The third kappa shape index (κ3) is 4.64. The minimum absolute atomic E-state index is 0.0478. The molecular formula is C24H23N3O5S. The van der Waals surface area contributed by atoms with Gasteiger partial charge in [0.1, 0.15) is 23.4 Å². The third-order valence-corrected chi connectivity index (χ3v) is 6.87. The molecule has 33 heavy (non-hydrogen) atoms. The number of nitrogen functional groups attached to an aromatic ring is 1. The number of anilines is 1. The van der Waals surface area contributed by atoms with E-state index >= 15 is 0 Å². The predicted octanol–water partition coefficient (Wildman–Crippen LogP) is 3.52. The molecule has 1 fully saturated rings. The van der Waals surface area contributed by atoms with Crippen molar-refractivity contribution in [3.8, 4) is 17.2 Å². The van der Waals surface area contributed by atoms with Crippen LogP contribution in [0.3, 0.4) is 0 Å². The fourth-order valence-corrected chi connectivity index (χ4v) is 5.26. The molecule has 9 heteroatoms. The van der Waals surface area contributed by atoms with Gasteiger partial charge in [-0.2, -0.15) is 13.1 Å². The molecule has 0 saturated carbocycles. The molecule has 0 radical (unpaired) electrons. The highest BCUT2D eigenvalue weighted by Gasteiger charge is 2.30. The zero-order valence-electron chi connectivity index (χ0n) is 17.7. The molecule has 1 aliphatic heterocycles. The van der Waals surface area contributed by atoms with Crippen LogP contribution in [0.15, 0.2) is 66.7 Å². The number of fused-ring (bicyclic) bond motifs is 1. The second kappa shape index (κ2) is 8.42. The molecule has 0 bridgehead atoms. The molecule has 4 N–H and O–H groups in total. The number of benzene rings is 3. The number of hydrogen-bond acceptors (Lipinski definition) is 6. The van der Waals surface area contributed by atoms with Gasteiger partial charge in [-0.15, -0.1) is 0 Å². The van der Waals surface area contributed by atoms with E-state index < -0.39 is 22.2 Å². The lowest BCUT2D eigenvalue weighted by Gasteiger charge is -2.24. The van der Waals surface area contributed by atoms with Gasteiger partial charge in [-0.05, 0) is 66.4 Å². The second-order valence-electron chi connectivity index (χ2n) is 8.11. The number of ether oxygens (including phenoxy) is 2. The van der Waals surface area contributed by atoms with E-state index in [0.29, 0.717) is 17.0 Å². The Kier molecular flexibility index (Phi) is 5.43. The average Bonchev–Trinajstić information content (AvgIpc) is 3.18. The van der Waals surface area contributed by atoms with Crippen molar-refractivity contribution in [1.29, 1.82) is 0 Å². The van der Waals surface area contributed by atoms with Crippen LogP contribution in [0.4, 0.5) is 5.69 Å². The van der Waals surface area contributed by atoms with Crippen LogP contribution in [-0.2, 0) is 21.4 Å². The maximum Gasteiger partial charge on any atom is 0.301 e. The number of rotatable bonds is 5. The summed E-state index contributed by atoms with van der Waals surface area (Å²) in [4.78, 5) is 11.7. The molecular weight excluding hydrogens is 442 g/mol. The summed E-state index contributed by atoms with van der Waals surface area (Å²) in [5, 5.41) is 0.